The Morgan fingerprint density at radius 3 is 1.54 bits per heavy atom. The molecule has 0 aliphatic carbocycles. The fourth-order valence-corrected chi connectivity index (χ4v) is 0.518. The van der Waals surface area contributed by atoms with Crippen molar-refractivity contribution in [3.63, 3.8) is 0 Å². The van der Waals surface area contributed by atoms with Crippen LogP contribution in [0.1, 0.15) is 0 Å². The third-order valence-electron chi connectivity index (χ3n) is 0.810. The van der Waals surface area contributed by atoms with Gasteiger partial charge < -0.3 is 10.2 Å². The monoisotopic (exact) mass is 297 g/mol. The minimum atomic E-state index is -1.02. The Morgan fingerprint density at radius 1 is 1.15 bits per heavy atom. The fraction of sp³-hybridized carbons (Fsp3) is 0.714. The molecule has 0 saturated carbocycles. The molecule has 0 aliphatic heterocycles. The van der Waals surface area contributed by atoms with Gasteiger partial charge in [-0.2, -0.15) is 0 Å². The van der Waals surface area contributed by atoms with Crippen LogP contribution in [-0.4, -0.2) is 68.3 Å². The molecular weight excluding hydrogens is 281 g/mol. The summed E-state index contributed by atoms with van der Waals surface area (Å²) in [7, 11) is 1.43. The van der Waals surface area contributed by atoms with Crippen molar-refractivity contribution in [3.8, 4) is 0 Å². The van der Waals surface area contributed by atoms with E-state index in [2.05, 4.69) is 9.88 Å². The number of hydrogen-bond donors (Lipinski definition) is 2. The van der Waals surface area contributed by atoms with Gasteiger partial charge in [0.2, 0.25) is 0 Å². The van der Waals surface area contributed by atoms with Gasteiger partial charge in [-0.25, -0.2) is 0 Å². The van der Waals surface area contributed by atoms with Crippen molar-refractivity contribution in [1.29, 1.82) is 0 Å². The Balaban J connectivity index is 0. The summed E-state index contributed by atoms with van der Waals surface area (Å²) < 4.78 is 0. The summed E-state index contributed by atoms with van der Waals surface area (Å²) in [6, 6.07) is 0. The molecule has 0 aromatic carbocycles. The average molecular weight is 296 g/mol. The summed E-state index contributed by atoms with van der Waals surface area (Å²) in [4.78, 5) is 25.7. The molecule has 0 rings (SSSR count). The van der Waals surface area contributed by atoms with Crippen molar-refractivity contribution in [3.05, 3.63) is 0 Å². The van der Waals surface area contributed by atoms with Gasteiger partial charge in [0.1, 0.15) is 0 Å². The Hall–Kier alpha value is -0.301. The second-order valence-electron chi connectivity index (χ2n) is 2.46. The molecule has 0 atom stereocenters. The number of carboxylic acids is 2. The molecule has 76 valence electrons. The predicted molar refractivity (Wildman–Crippen MR) is 50.3 cm³/mol. The van der Waals surface area contributed by atoms with Crippen molar-refractivity contribution in [2.45, 2.75) is 9.88 Å². The Kier molecular flexibility index (Phi) is 11.4. The second kappa shape index (κ2) is 9.78. The molecule has 5 nitrogen and oxygen atoms in total. The van der Waals surface area contributed by atoms with Gasteiger partial charge in [-0.15, -0.1) is 0 Å². The second-order valence-corrected chi connectivity index (χ2v) is 5.31. The van der Waals surface area contributed by atoms with Crippen LogP contribution < -0.4 is 0 Å². The number of aliphatic carboxylic acids is 2. The predicted octanol–water partition coefficient (Wildman–Crippen LogP) is -0.126. The third-order valence-corrected chi connectivity index (χ3v) is 0.810. The van der Waals surface area contributed by atoms with E-state index in [0.29, 0.717) is 0 Å². The zero-order chi connectivity index (χ0) is 10.9. The molecule has 0 unspecified atom stereocenters. The summed E-state index contributed by atoms with van der Waals surface area (Å²) in [5, 5.41) is 16.3. The first kappa shape index (κ1) is 15.2. The van der Waals surface area contributed by atoms with Crippen molar-refractivity contribution >= 4 is 33.1 Å². The van der Waals surface area contributed by atoms with Crippen LogP contribution in [0.2, 0.25) is 9.88 Å². The first-order chi connectivity index (χ1) is 5.93. The normalized spacial score (nSPS) is 8.92. The SMILES string of the molecule is CN(CC(=O)O)CC(=O)O.[CH3][Sn][CH3]. The molecule has 0 bridgehead atoms. The van der Waals surface area contributed by atoms with Gasteiger partial charge in [-0.05, 0) is 7.05 Å². The number of likely N-dealkylation sites (N-methyl/N-ethyl adjacent to an activating group) is 1. The minimum absolute atomic E-state index is 0.230. The molecule has 0 fully saturated rings. The van der Waals surface area contributed by atoms with Gasteiger partial charge in [0.25, 0.3) is 0 Å². The molecule has 0 aliphatic rings. The Bertz CT molecular complexity index is 147. The molecular formula is C7H15NO4Sn. The number of nitrogens with zero attached hydrogens (tertiary/aromatic N) is 1. The summed E-state index contributed by atoms with van der Waals surface area (Å²) in [6.07, 6.45) is 0. The zero-order valence-corrected chi connectivity index (χ0v) is 10.9. The van der Waals surface area contributed by atoms with E-state index in [1.807, 2.05) is 0 Å². The van der Waals surface area contributed by atoms with Crippen LogP contribution in [0, 0.1) is 0 Å². The molecule has 0 aromatic heterocycles. The molecule has 13 heavy (non-hydrogen) atoms. The first-order valence-electron chi connectivity index (χ1n) is 3.64. The van der Waals surface area contributed by atoms with Gasteiger partial charge in [0.15, 0.2) is 0 Å². The van der Waals surface area contributed by atoms with Crippen LogP contribution in [0.3, 0.4) is 0 Å². The van der Waals surface area contributed by atoms with E-state index in [1.54, 1.807) is 0 Å². The number of rotatable bonds is 4. The maximum absolute atomic E-state index is 9.96. The Labute approximate surface area is 88.0 Å². The average Bonchev–Trinajstić information content (AvgIpc) is 1.83. The molecule has 0 heterocycles. The van der Waals surface area contributed by atoms with Crippen molar-refractivity contribution < 1.29 is 19.8 Å². The van der Waals surface area contributed by atoms with Crippen LogP contribution >= 0.6 is 0 Å². The van der Waals surface area contributed by atoms with Crippen LogP contribution in [0.4, 0.5) is 0 Å². The summed E-state index contributed by atoms with van der Waals surface area (Å²) in [6.45, 7) is -0.488. The molecule has 2 N–H and O–H groups in total. The molecule has 0 saturated heterocycles. The molecule has 0 amide bonds. The third kappa shape index (κ3) is 18.6. The maximum atomic E-state index is 9.96. The van der Waals surface area contributed by atoms with Gasteiger partial charge in [-0.3, -0.25) is 14.5 Å². The van der Waals surface area contributed by atoms with Crippen LogP contribution in [0.5, 0.6) is 0 Å². The van der Waals surface area contributed by atoms with Crippen molar-refractivity contribution in [2.24, 2.45) is 0 Å². The van der Waals surface area contributed by atoms with Gasteiger partial charge >= 0.3 is 43.0 Å². The van der Waals surface area contributed by atoms with Gasteiger partial charge in [0.05, 0.1) is 13.1 Å². The topological polar surface area (TPSA) is 77.8 Å². The van der Waals surface area contributed by atoms with E-state index in [0.717, 1.165) is 0 Å². The van der Waals surface area contributed by atoms with Crippen LogP contribution in [0.25, 0.3) is 0 Å². The van der Waals surface area contributed by atoms with Gasteiger partial charge in [-0.1, -0.05) is 0 Å². The zero-order valence-electron chi connectivity index (χ0n) is 8.07. The quantitative estimate of drug-likeness (QED) is 0.707. The van der Waals surface area contributed by atoms with E-state index in [9.17, 15) is 9.59 Å². The fourth-order valence-electron chi connectivity index (χ4n) is 0.518. The summed E-state index contributed by atoms with van der Waals surface area (Å²) in [5.41, 5.74) is 0. The van der Waals surface area contributed by atoms with E-state index < -0.39 is 11.9 Å². The van der Waals surface area contributed by atoms with E-state index in [-0.39, 0.29) is 34.2 Å². The van der Waals surface area contributed by atoms with E-state index in [1.165, 1.54) is 11.9 Å². The van der Waals surface area contributed by atoms with Gasteiger partial charge in [0, 0.05) is 0 Å². The van der Waals surface area contributed by atoms with Crippen molar-refractivity contribution in [2.75, 3.05) is 20.1 Å². The number of hydrogen-bond acceptors (Lipinski definition) is 3. The number of carboxylic acid groups (broad SMARTS) is 2. The molecule has 0 aromatic rings. The summed E-state index contributed by atoms with van der Waals surface area (Å²) >= 11 is 0.230. The van der Waals surface area contributed by atoms with Crippen LogP contribution in [0.15, 0.2) is 0 Å². The summed E-state index contributed by atoms with van der Waals surface area (Å²) in [5.74, 6) is -2.05. The molecule has 2 radical (unpaired) electrons. The van der Waals surface area contributed by atoms with E-state index in [4.69, 9.17) is 10.2 Å². The Morgan fingerprint density at radius 2 is 1.38 bits per heavy atom. The van der Waals surface area contributed by atoms with Crippen molar-refractivity contribution in [1.82, 2.24) is 4.90 Å². The van der Waals surface area contributed by atoms with Crippen LogP contribution in [-0.2, 0) is 9.59 Å². The van der Waals surface area contributed by atoms with E-state index >= 15 is 0 Å². The molecule has 0 spiro atoms. The first-order valence-corrected chi connectivity index (χ1v) is 9.35. The standard InChI is InChI=1S/C5H9NO4.2CH3.Sn/c1-6(2-4(7)8)3-5(9)10;;;/h2-3H2,1H3,(H,7,8)(H,9,10);2*1H3;. The molecule has 6 heteroatoms. The number of carbonyl (C=O) groups is 2.